The molecule has 0 fully saturated rings. The lowest BCUT2D eigenvalue weighted by molar-refractivity contribution is 0.484. The molecule has 0 aliphatic heterocycles. The molecule has 0 saturated carbocycles. The fourth-order valence-corrected chi connectivity index (χ4v) is 3.45. The van der Waals surface area contributed by atoms with Gasteiger partial charge in [0.05, 0.1) is 0 Å². The van der Waals surface area contributed by atoms with Crippen molar-refractivity contribution in [3.8, 4) is 11.5 Å². The van der Waals surface area contributed by atoms with Gasteiger partial charge in [-0.15, -0.1) is 0 Å². The Hall–Kier alpha value is -0.746. The van der Waals surface area contributed by atoms with Crippen LogP contribution in [0.3, 0.4) is 0 Å². The number of rotatable bonds is 4. The van der Waals surface area contributed by atoms with Crippen molar-refractivity contribution in [2.24, 2.45) is 0 Å². The van der Waals surface area contributed by atoms with Crippen molar-refractivity contribution in [3.05, 3.63) is 23.8 Å². The normalized spacial score (nSPS) is 13.2. The second-order valence-corrected chi connectivity index (χ2v) is 17.2. The van der Waals surface area contributed by atoms with Crippen LogP contribution < -0.4 is 8.85 Å². The Kier molecular flexibility index (Phi) is 4.81. The maximum atomic E-state index is 6.25. The van der Waals surface area contributed by atoms with Gasteiger partial charge < -0.3 is 8.85 Å². The third-order valence-electron chi connectivity index (χ3n) is 2.64. The molecule has 4 heteroatoms. The van der Waals surface area contributed by atoms with Crippen molar-refractivity contribution in [2.75, 3.05) is 0 Å². The molecule has 0 aliphatic carbocycles. The van der Waals surface area contributed by atoms with E-state index in [2.05, 4.69) is 78.3 Å². The van der Waals surface area contributed by atoms with Gasteiger partial charge in [0.25, 0.3) is 0 Å². The summed E-state index contributed by atoms with van der Waals surface area (Å²) < 4.78 is 12.4. The van der Waals surface area contributed by atoms with E-state index in [1.165, 1.54) is 5.56 Å². The van der Waals surface area contributed by atoms with E-state index in [9.17, 15) is 0 Å². The van der Waals surface area contributed by atoms with E-state index in [0.29, 0.717) is 0 Å². The van der Waals surface area contributed by atoms with Crippen LogP contribution >= 0.6 is 0 Å². The summed E-state index contributed by atoms with van der Waals surface area (Å²) in [6, 6.07) is 6.40. The van der Waals surface area contributed by atoms with E-state index < -0.39 is 16.6 Å². The predicted octanol–water partition coefficient (Wildman–Crippen LogP) is 5.41. The summed E-state index contributed by atoms with van der Waals surface area (Å²) >= 11 is 0. The predicted molar refractivity (Wildman–Crippen MR) is 93.1 cm³/mol. The molecule has 114 valence electrons. The Morgan fingerprint density at radius 3 is 1.60 bits per heavy atom. The highest BCUT2D eigenvalue weighted by molar-refractivity contribution is 6.71. The molecule has 0 bridgehead atoms. The third-order valence-corrected chi connectivity index (χ3v) is 4.31. The molecular formula is C16H30O2Si2. The van der Waals surface area contributed by atoms with E-state index in [1.807, 2.05) is 0 Å². The molecule has 0 saturated heterocycles. The summed E-state index contributed by atoms with van der Waals surface area (Å²) in [6.45, 7) is 19.9. The van der Waals surface area contributed by atoms with Crippen LogP contribution in [0.25, 0.3) is 0 Å². The summed E-state index contributed by atoms with van der Waals surface area (Å²) in [6.07, 6.45) is 0. The van der Waals surface area contributed by atoms with Crippen LogP contribution in [0.15, 0.2) is 18.2 Å². The largest absolute Gasteiger partial charge is 0.542 e. The van der Waals surface area contributed by atoms with Crippen molar-refractivity contribution in [1.82, 2.24) is 0 Å². The van der Waals surface area contributed by atoms with Crippen LogP contribution in [0.5, 0.6) is 11.5 Å². The summed E-state index contributed by atoms with van der Waals surface area (Å²) in [7, 11) is -3.28. The zero-order valence-electron chi connectivity index (χ0n) is 14.5. The highest BCUT2D eigenvalue weighted by atomic mass is 28.4. The summed E-state index contributed by atoms with van der Waals surface area (Å²) in [4.78, 5) is 0. The highest BCUT2D eigenvalue weighted by Gasteiger charge is 2.24. The maximum Gasteiger partial charge on any atom is 0.242 e. The molecule has 1 aromatic rings. The summed E-state index contributed by atoms with van der Waals surface area (Å²) in [5.74, 6) is 1.82. The molecule has 2 nitrogen and oxygen atoms in total. The molecule has 0 unspecified atom stereocenters. The van der Waals surface area contributed by atoms with E-state index in [-0.39, 0.29) is 5.41 Å². The van der Waals surface area contributed by atoms with Gasteiger partial charge in [-0.3, -0.25) is 0 Å². The monoisotopic (exact) mass is 310 g/mol. The molecule has 0 N–H and O–H groups in total. The van der Waals surface area contributed by atoms with Gasteiger partial charge in [-0.25, -0.2) is 0 Å². The average Bonchev–Trinajstić information content (AvgIpc) is 2.14. The number of hydrogen-bond acceptors (Lipinski definition) is 2. The van der Waals surface area contributed by atoms with Gasteiger partial charge in [0.2, 0.25) is 16.6 Å². The first kappa shape index (κ1) is 17.3. The maximum absolute atomic E-state index is 6.25. The topological polar surface area (TPSA) is 18.5 Å². The molecule has 1 rings (SSSR count). The van der Waals surface area contributed by atoms with E-state index >= 15 is 0 Å². The second kappa shape index (κ2) is 5.56. The molecule has 0 atom stereocenters. The average molecular weight is 311 g/mol. The Balaban J connectivity index is 3.23. The lowest BCUT2D eigenvalue weighted by Crippen LogP contribution is -2.32. The smallest absolute Gasteiger partial charge is 0.242 e. The Morgan fingerprint density at radius 1 is 0.750 bits per heavy atom. The van der Waals surface area contributed by atoms with Crippen molar-refractivity contribution in [2.45, 2.75) is 65.5 Å². The van der Waals surface area contributed by atoms with Crippen molar-refractivity contribution < 1.29 is 8.85 Å². The molecular weight excluding hydrogens is 280 g/mol. The van der Waals surface area contributed by atoms with Crippen molar-refractivity contribution in [3.63, 3.8) is 0 Å². The van der Waals surface area contributed by atoms with Crippen LogP contribution in [0.4, 0.5) is 0 Å². The molecule has 0 amide bonds. The quantitative estimate of drug-likeness (QED) is 0.692. The Bertz CT molecular complexity index is 463. The van der Waals surface area contributed by atoms with Gasteiger partial charge in [-0.2, -0.15) is 0 Å². The Morgan fingerprint density at radius 2 is 1.20 bits per heavy atom. The van der Waals surface area contributed by atoms with E-state index in [0.717, 1.165) is 11.5 Å². The third kappa shape index (κ3) is 5.71. The van der Waals surface area contributed by atoms with Gasteiger partial charge in [-0.05, 0) is 62.4 Å². The van der Waals surface area contributed by atoms with Gasteiger partial charge in [0, 0.05) is 0 Å². The van der Waals surface area contributed by atoms with Crippen LogP contribution in [-0.2, 0) is 5.41 Å². The standard InChI is InChI=1S/C16H30O2Si2/c1-16(2,3)13-10-11-14(17-19(4,5)6)15(12-13)18-20(7,8)9/h10-12H,1-9H3. The van der Waals surface area contributed by atoms with Crippen molar-refractivity contribution in [1.29, 1.82) is 0 Å². The van der Waals surface area contributed by atoms with Crippen LogP contribution in [0.2, 0.25) is 39.3 Å². The fraction of sp³-hybridized carbons (Fsp3) is 0.625. The first-order valence-electron chi connectivity index (χ1n) is 7.30. The lowest BCUT2D eigenvalue weighted by Gasteiger charge is -2.28. The molecule has 0 heterocycles. The molecule has 0 aromatic heterocycles. The highest BCUT2D eigenvalue weighted by Crippen LogP contribution is 2.36. The van der Waals surface area contributed by atoms with Crippen LogP contribution in [-0.4, -0.2) is 16.6 Å². The zero-order valence-corrected chi connectivity index (χ0v) is 16.5. The molecule has 1 aromatic carbocycles. The first-order valence-corrected chi connectivity index (χ1v) is 14.1. The second-order valence-electron chi connectivity index (χ2n) is 8.34. The molecule has 0 radical (unpaired) electrons. The number of benzene rings is 1. The zero-order chi connectivity index (χ0) is 15.8. The lowest BCUT2D eigenvalue weighted by atomic mass is 9.87. The van der Waals surface area contributed by atoms with Crippen molar-refractivity contribution >= 4 is 16.6 Å². The van der Waals surface area contributed by atoms with E-state index in [1.54, 1.807) is 0 Å². The van der Waals surface area contributed by atoms with E-state index in [4.69, 9.17) is 8.85 Å². The van der Waals surface area contributed by atoms with Gasteiger partial charge in [0.15, 0.2) is 0 Å². The Labute approximate surface area is 126 Å². The summed E-state index contributed by atoms with van der Waals surface area (Å²) in [5.41, 5.74) is 1.41. The minimum atomic E-state index is -1.65. The SMILES string of the molecule is CC(C)(C)c1ccc(O[Si](C)(C)C)c(O[Si](C)(C)C)c1. The summed E-state index contributed by atoms with van der Waals surface area (Å²) in [5, 5.41) is 0. The molecule has 20 heavy (non-hydrogen) atoms. The fourth-order valence-electron chi connectivity index (χ4n) is 1.80. The van der Waals surface area contributed by atoms with Crippen LogP contribution in [0, 0.1) is 0 Å². The number of hydrogen-bond donors (Lipinski definition) is 0. The van der Waals surface area contributed by atoms with Gasteiger partial charge in [0.1, 0.15) is 11.5 Å². The molecule has 0 spiro atoms. The first-order chi connectivity index (χ1) is 8.78. The minimum Gasteiger partial charge on any atom is -0.542 e. The van der Waals surface area contributed by atoms with Crippen LogP contribution in [0.1, 0.15) is 26.3 Å². The minimum absolute atomic E-state index is 0.120. The molecule has 0 aliphatic rings. The van der Waals surface area contributed by atoms with Gasteiger partial charge >= 0.3 is 0 Å². The van der Waals surface area contributed by atoms with Gasteiger partial charge in [-0.1, -0.05) is 26.8 Å².